The standard InChI is InChI=1S/C26H32N2O5/c1-19(2)14-24(20(3)27(18-29)33-16-22-12-8-5-9-13-22)25(30)28-23(17-32-26(28)31)15-21-10-6-4-7-11-21/h4-13,18-20,23-24H,14-17H2,1-3H3/t20?,23-,24+/m0/s1. The number of hydroxylamine groups is 2. The molecule has 176 valence electrons. The normalized spacial score (nSPS) is 17.5. The number of carbonyl (C=O) groups excluding carboxylic acids is 3. The number of carbonyl (C=O) groups is 3. The summed E-state index contributed by atoms with van der Waals surface area (Å²) in [5, 5.41) is 1.19. The molecule has 2 aromatic rings. The zero-order valence-electron chi connectivity index (χ0n) is 19.4. The van der Waals surface area contributed by atoms with Gasteiger partial charge in [0.05, 0.1) is 18.0 Å². The van der Waals surface area contributed by atoms with E-state index in [1.54, 1.807) is 6.92 Å². The summed E-state index contributed by atoms with van der Waals surface area (Å²) in [6.45, 7) is 6.15. The van der Waals surface area contributed by atoms with E-state index in [1.807, 2.05) is 74.5 Å². The average Bonchev–Trinajstić information content (AvgIpc) is 3.18. The largest absolute Gasteiger partial charge is 0.447 e. The molecule has 1 aliphatic heterocycles. The van der Waals surface area contributed by atoms with Gasteiger partial charge in [-0.05, 0) is 36.8 Å². The number of cyclic esters (lactones) is 1. The Morgan fingerprint density at radius 1 is 1.09 bits per heavy atom. The number of ether oxygens (including phenoxy) is 1. The van der Waals surface area contributed by atoms with Crippen LogP contribution in [0.5, 0.6) is 0 Å². The minimum absolute atomic E-state index is 0.157. The number of benzene rings is 2. The number of nitrogens with zero attached hydrogens (tertiary/aromatic N) is 2. The fourth-order valence-electron chi connectivity index (χ4n) is 4.10. The van der Waals surface area contributed by atoms with Crippen LogP contribution in [0.25, 0.3) is 0 Å². The maximum absolute atomic E-state index is 13.7. The number of rotatable bonds is 11. The van der Waals surface area contributed by atoms with Crippen LogP contribution in [0.15, 0.2) is 60.7 Å². The van der Waals surface area contributed by atoms with Crippen molar-refractivity contribution in [3.05, 3.63) is 71.8 Å². The van der Waals surface area contributed by atoms with Gasteiger partial charge in [-0.15, -0.1) is 0 Å². The molecule has 3 rings (SSSR count). The van der Waals surface area contributed by atoms with Gasteiger partial charge in [-0.3, -0.25) is 14.4 Å². The molecule has 0 radical (unpaired) electrons. The predicted octanol–water partition coefficient (Wildman–Crippen LogP) is 4.22. The molecule has 7 nitrogen and oxygen atoms in total. The Balaban J connectivity index is 1.76. The second-order valence-corrected chi connectivity index (χ2v) is 8.83. The van der Waals surface area contributed by atoms with Crippen LogP contribution in [0.2, 0.25) is 0 Å². The SMILES string of the molecule is CC(C)C[C@@H](C(=O)N1C(=O)OC[C@@H]1Cc1ccccc1)C(C)N(C=O)OCc1ccccc1. The predicted molar refractivity (Wildman–Crippen MR) is 124 cm³/mol. The zero-order chi connectivity index (χ0) is 23.8. The molecule has 0 bridgehead atoms. The summed E-state index contributed by atoms with van der Waals surface area (Å²) >= 11 is 0. The minimum Gasteiger partial charge on any atom is -0.447 e. The Hall–Kier alpha value is -3.19. The Morgan fingerprint density at radius 3 is 2.27 bits per heavy atom. The second-order valence-electron chi connectivity index (χ2n) is 8.83. The Labute approximate surface area is 195 Å². The van der Waals surface area contributed by atoms with E-state index in [0.717, 1.165) is 11.1 Å². The van der Waals surface area contributed by atoms with Crippen molar-refractivity contribution in [2.24, 2.45) is 11.8 Å². The van der Waals surface area contributed by atoms with Gasteiger partial charge in [0.25, 0.3) is 0 Å². The highest BCUT2D eigenvalue weighted by Crippen LogP contribution is 2.27. The fourth-order valence-corrected chi connectivity index (χ4v) is 4.10. The second kappa shape index (κ2) is 11.6. The lowest BCUT2D eigenvalue weighted by atomic mass is 9.89. The van der Waals surface area contributed by atoms with E-state index < -0.39 is 18.1 Å². The van der Waals surface area contributed by atoms with Gasteiger partial charge in [0.2, 0.25) is 12.3 Å². The van der Waals surface area contributed by atoms with Crippen molar-refractivity contribution in [2.75, 3.05) is 6.61 Å². The summed E-state index contributed by atoms with van der Waals surface area (Å²) in [5.74, 6) is -0.778. The molecule has 1 unspecified atom stereocenters. The molecule has 2 aromatic carbocycles. The molecule has 3 amide bonds. The Kier molecular flexibility index (Phi) is 8.60. The van der Waals surface area contributed by atoms with Crippen LogP contribution in [0.4, 0.5) is 4.79 Å². The lowest BCUT2D eigenvalue weighted by molar-refractivity contribution is -0.198. The summed E-state index contributed by atoms with van der Waals surface area (Å²) in [4.78, 5) is 45.0. The Bertz CT molecular complexity index is 919. The topological polar surface area (TPSA) is 76.2 Å². The van der Waals surface area contributed by atoms with E-state index in [-0.39, 0.29) is 31.1 Å². The zero-order valence-corrected chi connectivity index (χ0v) is 19.4. The smallest absolute Gasteiger partial charge is 0.416 e. The van der Waals surface area contributed by atoms with Gasteiger partial charge in [0.15, 0.2) is 0 Å². The first-order valence-electron chi connectivity index (χ1n) is 11.3. The molecular formula is C26H32N2O5. The Morgan fingerprint density at radius 2 is 1.70 bits per heavy atom. The molecule has 0 N–H and O–H groups in total. The summed E-state index contributed by atoms with van der Waals surface area (Å²) in [6, 6.07) is 18.2. The molecule has 1 heterocycles. The van der Waals surface area contributed by atoms with Gasteiger partial charge >= 0.3 is 6.09 Å². The van der Waals surface area contributed by atoms with Crippen LogP contribution < -0.4 is 0 Å². The summed E-state index contributed by atoms with van der Waals surface area (Å²) in [5.41, 5.74) is 1.93. The van der Waals surface area contributed by atoms with E-state index in [1.165, 1.54) is 9.96 Å². The molecule has 7 heteroatoms. The van der Waals surface area contributed by atoms with Crippen LogP contribution in [0.1, 0.15) is 38.3 Å². The van der Waals surface area contributed by atoms with E-state index in [4.69, 9.17) is 9.57 Å². The van der Waals surface area contributed by atoms with Crippen molar-refractivity contribution in [1.29, 1.82) is 0 Å². The third-order valence-corrected chi connectivity index (χ3v) is 5.87. The molecule has 3 atom stereocenters. The average molecular weight is 453 g/mol. The third-order valence-electron chi connectivity index (χ3n) is 5.87. The first-order valence-corrected chi connectivity index (χ1v) is 11.3. The van der Waals surface area contributed by atoms with Crippen molar-refractivity contribution in [3.63, 3.8) is 0 Å². The highest BCUT2D eigenvalue weighted by molar-refractivity contribution is 5.95. The minimum atomic E-state index is -0.634. The number of hydrogen-bond donors (Lipinski definition) is 0. The van der Waals surface area contributed by atoms with Gasteiger partial charge in [-0.2, -0.15) is 0 Å². The van der Waals surface area contributed by atoms with Crippen molar-refractivity contribution in [1.82, 2.24) is 9.96 Å². The molecule has 1 aliphatic rings. The lowest BCUT2D eigenvalue weighted by Crippen LogP contribution is -2.50. The highest BCUT2D eigenvalue weighted by Gasteiger charge is 2.43. The number of hydrogen-bond acceptors (Lipinski definition) is 5. The summed E-state index contributed by atoms with van der Waals surface area (Å²) in [6.07, 6.45) is 0.978. The molecule has 0 aliphatic carbocycles. The van der Waals surface area contributed by atoms with E-state index >= 15 is 0 Å². The van der Waals surface area contributed by atoms with E-state index in [0.29, 0.717) is 19.3 Å². The monoisotopic (exact) mass is 452 g/mol. The first-order chi connectivity index (χ1) is 15.9. The molecule has 0 saturated carbocycles. The van der Waals surface area contributed by atoms with Gasteiger partial charge < -0.3 is 4.74 Å². The number of amides is 3. The van der Waals surface area contributed by atoms with Crippen LogP contribution in [0, 0.1) is 11.8 Å². The summed E-state index contributed by atoms with van der Waals surface area (Å²) in [7, 11) is 0. The van der Waals surface area contributed by atoms with E-state index in [9.17, 15) is 14.4 Å². The van der Waals surface area contributed by atoms with Crippen molar-refractivity contribution < 1.29 is 24.0 Å². The lowest BCUT2D eigenvalue weighted by Gasteiger charge is -2.33. The van der Waals surface area contributed by atoms with Gasteiger partial charge in [0.1, 0.15) is 13.2 Å². The van der Waals surface area contributed by atoms with Gasteiger partial charge in [0, 0.05) is 0 Å². The van der Waals surface area contributed by atoms with E-state index in [2.05, 4.69) is 0 Å². The van der Waals surface area contributed by atoms with Crippen molar-refractivity contribution >= 4 is 18.4 Å². The van der Waals surface area contributed by atoms with Crippen LogP contribution in [-0.2, 0) is 32.2 Å². The molecule has 0 aromatic heterocycles. The van der Waals surface area contributed by atoms with Gasteiger partial charge in [-0.1, -0.05) is 74.5 Å². The molecule has 33 heavy (non-hydrogen) atoms. The quantitative estimate of drug-likeness (QED) is 0.377. The molecule has 1 saturated heterocycles. The fraction of sp³-hybridized carbons (Fsp3) is 0.423. The maximum Gasteiger partial charge on any atom is 0.416 e. The van der Waals surface area contributed by atoms with Crippen molar-refractivity contribution in [2.45, 2.75) is 52.3 Å². The third kappa shape index (κ3) is 6.42. The van der Waals surface area contributed by atoms with Crippen LogP contribution in [0.3, 0.4) is 0 Å². The molecular weight excluding hydrogens is 420 g/mol. The molecule has 1 fully saturated rings. The van der Waals surface area contributed by atoms with Crippen molar-refractivity contribution in [3.8, 4) is 0 Å². The first kappa shape index (κ1) is 24.5. The summed E-state index contributed by atoms with van der Waals surface area (Å²) < 4.78 is 5.25. The van der Waals surface area contributed by atoms with Crippen LogP contribution >= 0.6 is 0 Å². The number of imide groups is 1. The maximum atomic E-state index is 13.7. The molecule has 0 spiro atoms. The van der Waals surface area contributed by atoms with Gasteiger partial charge in [-0.25, -0.2) is 14.8 Å². The van der Waals surface area contributed by atoms with Crippen LogP contribution in [-0.4, -0.2) is 47.1 Å². The highest BCUT2D eigenvalue weighted by atomic mass is 16.7.